The van der Waals surface area contributed by atoms with E-state index in [0.29, 0.717) is 18.3 Å². The molecule has 0 radical (unpaired) electrons. The highest BCUT2D eigenvalue weighted by Crippen LogP contribution is 2.26. The van der Waals surface area contributed by atoms with E-state index in [-0.39, 0.29) is 18.1 Å². The minimum absolute atomic E-state index is 0.00180. The van der Waals surface area contributed by atoms with Crippen molar-refractivity contribution in [1.29, 1.82) is 0 Å². The molecule has 1 N–H and O–H groups in total. The normalized spacial score (nSPS) is 16.2. The van der Waals surface area contributed by atoms with E-state index in [4.69, 9.17) is 5.11 Å². The molecule has 3 unspecified atom stereocenters. The molecule has 0 spiro atoms. The summed E-state index contributed by atoms with van der Waals surface area (Å²) < 4.78 is 0. The molecule has 0 amide bonds. The Kier molecular flexibility index (Phi) is 7.85. The van der Waals surface area contributed by atoms with Gasteiger partial charge in [0.25, 0.3) is 0 Å². The fraction of sp³-hybridized carbons (Fsp3) is 0.857. The van der Waals surface area contributed by atoms with Crippen LogP contribution in [0.15, 0.2) is 0 Å². The van der Waals surface area contributed by atoms with E-state index in [1.165, 1.54) is 19.8 Å². The minimum Gasteiger partial charge on any atom is -0.481 e. The van der Waals surface area contributed by atoms with Gasteiger partial charge in [0.2, 0.25) is 0 Å². The molecule has 0 heterocycles. The summed E-state index contributed by atoms with van der Waals surface area (Å²) in [5.41, 5.74) is 0. The van der Waals surface area contributed by atoms with E-state index in [1.807, 2.05) is 0 Å². The largest absolute Gasteiger partial charge is 0.481 e. The molecule has 100 valence electrons. The lowest BCUT2D eigenvalue weighted by molar-refractivity contribution is -0.140. The predicted octanol–water partition coefficient (Wildman–Crippen LogP) is 3.52. The standard InChI is InChI=1S/C14H26O3/c1-5-6-7-10(2)11(3)8-13(12(4)15)9-14(16)17/h10-11,13H,5-9H2,1-4H3,(H,16,17). The van der Waals surface area contributed by atoms with Crippen LogP contribution in [0.2, 0.25) is 0 Å². The van der Waals surface area contributed by atoms with Gasteiger partial charge in [-0.1, -0.05) is 40.0 Å². The first-order valence-electron chi connectivity index (χ1n) is 6.60. The number of unbranched alkanes of at least 4 members (excludes halogenated alkanes) is 1. The number of hydrogen-bond donors (Lipinski definition) is 1. The zero-order chi connectivity index (χ0) is 13.4. The minimum atomic E-state index is -0.876. The average Bonchev–Trinajstić information content (AvgIpc) is 2.23. The third-order valence-corrected chi connectivity index (χ3v) is 3.64. The second kappa shape index (κ2) is 8.26. The quantitative estimate of drug-likeness (QED) is 0.673. The van der Waals surface area contributed by atoms with E-state index in [0.717, 1.165) is 6.42 Å². The van der Waals surface area contributed by atoms with Gasteiger partial charge in [0.05, 0.1) is 6.42 Å². The van der Waals surface area contributed by atoms with Crippen LogP contribution in [0.5, 0.6) is 0 Å². The van der Waals surface area contributed by atoms with Gasteiger partial charge >= 0.3 is 5.97 Å². The van der Waals surface area contributed by atoms with Gasteiger partial charge in [-0.2, -0.15) is 0 Å². The maximum Gasteiger partial charge on any atom is 0.304 e. The highest BCUT2D eigenvalue weighted by molar-refractivity contribution is 5.82. The number of ketones is 1. The van der Waals surface area contributed by atoms with Crippen LogP contribution in [0.3, 0.4) is 0 Å². The molecule has 17 heavy (non-hydrogen) atoms. The summed E-state index contributed by atoms with van der Waals surface area (Å²) in [5, 5.41) is 8.77. The lowest BCUT2D eigenvalue weighted by Gasteiger charge is -2.23. The number of Topliss-reactive ketones (excluding diaryl/α,β-unsaturated/α-hetero) is 1. The van der Waals surface area contributed by atoms with E-state index >= 15 is 0 Å². The number of carboxylic acids is 1. The van der Waals surface area contributed by atoms with Crippen molar-refractivity contribution in [2.24, 2.45) is 17.8 Å². The van der Waals surface area contributed by atoms with Crippen molar-refractivity contribution in [2.45, 2.75) is 59.8 Å². The Labute approximate surface area is 105 Å². The Hall–Kier alpha value is -0.860. The summed E-state index contributed by atoms with van der Waals surface area (Å²) in [6, 6.07) is 0. The Balaban J connectivity index is 4.24. The van der Waals surface area contributed by atoms with Gasteiger partial charge in [-0.15, -0.1) is 0 Å². The van der Waals surface area contributed by atoms with Crippen molar-refractivity contribution in [1.82, 2.24) is 0 Å². The first-order chi connectivity index (χ1) is 7.88. The van der Waals surface area contributed by atoms with Crippen LogP contribution in [0.1, 0.15) is 59.8 Å². The summed E-state index contributed by atoms with van der Waals surface area (Å²) in [5.74, 6) is -0.215. The molecule has 3 heteroatoms. The Morgan fingerprint density at radius 2 is 1.76 bits per heavy atom. The first kappa shape index (κ1) is 16.1. The van der Waals surface area contributed by atoms with Crippen molar-refractivity contribution in [3.05, 3.63) is 0 Å². The third-order valence-electron chi connectivity index (χ3n) is 3.64. The van der Waals surface area contributed by atoms with Gasteiger partial charge in [-0.05, 0) is 25.2 Å². The first-order valence-corrected chi connectivity index (χ1v) is 6.60. The molecule has 0 aromatic heterocycles. The summed E-state index contributed by atoms with van der Waals surface area (Å²) in [6.07, 6.45) is 4.22. The Bertz CT molecular complexity index is 248. The van der Waals surface area contributed by atoms with Crippen molar-refractivity contribution in [2.75, 3.05) is 0 Å². The monoisotopic (exact) mass is 242 g/mol. The predicted molar refractivity (Wildman–Crippen MR) is 68.9 cm³/mol. The van der Waals surface area contributed by atoms with Crippen LogP contribution >= 0.6 is 0 Å². The Morgan fingerprint density at radius 3 is 2.18 bits per heavy atom. The van der Waals surface area contributed by atoms with E-state index in [1.54, 1.807) is 0 Å². The third kappa shape index (κ3) is 7.14. The van der Waals surface area contributed by atoms with E-state index < -0.39 is 5.97 Å². The van der Waals surface area contributed by atoms with Crippen molar-refractivity contribution >= 4 is 11.8 Å². The summed E-state index contributed by atoms with van der Waals surface area (Å²) in [4.78, 5) is 22.1. The molecule has 0 saturated heterocycles. The van der Waals surface area contributed by atoms with Gasteiger partial charge < -0.3 is 5.11 Å². The molecule has 0 aliphatic heterocycles. The van der Waals surface area contributed by atoms with Crippen molar-refractivity contribution < 1.29 is 14.7 Å². The fourth-order valence-corrected chi connectivity index (χ4v) is 2.10. The average molecular weight is 242 g/mol. The smallest absolute Gasteiger partial charge is 0.304 e. The lowest BCUT2D eigenvalue weighted by atomic mass is 9.82. The van der Waals surface area contributed by atoms with Crippen LogP contribution in [0, 0.1) is 17.8 Å². The van der Waals surface area contributed by atoms with Gasteiger partial charge in [0, 0.05) is 5.92 Å². The topological polar surface area (TPSA) is 54.4 Å². The van der Waals surface area contributed by atoms with E-state index in [9.17, 15) is 9.59 Å². The Morgan fingerprint density at radius 1 is 1.18 bits per heavy atom. The molecule has 0 aromatic carbocycles. The molecular formula is C14H26O3. The van der Waals surface area contributed by atoms with Crippen molar-refractivity contribution in [3.8, 4) is 0 Å². The second-order valence-electron chi connectivity index (χ2n) is 5.24. The molecule has 0 rings (SSSR count). The number of carbonyl (C=O) groups is 2. The number of carboxylic acid groups (broad SMARTS) is 1. The molecule has 0 aliphatic rings. The number of carbonyl (C=O) groups excluding carboxylic acids is 1. The van der Waals surface area contributed by atoms with E-state index in [2.05, 4.69) is 20.8 Å². The molecule has 0 saturated carbocycles. The van der Waals surface area contributed by atoms with Crippen LogP contribution in [-0.2, 0) is 9.59 Å². The zero-order valence-electron chi connectivity index (χ0n) is 11.5. The van der Waals surface area contributed by atoms with Gasteiger partial charge in [0.1, 0.15) is 5.78 Å². The molecule has 0 aliphatic carbocycles. The summed E-state index contributed by atoms with van der Waals surface area (Å²) in [7, 11) is 0. The van der Waals surface area contributed by atoms with Crippen LogP contribution in [-0.4, -0.2) is 16.9 Å². The lowest BCUT2D eigenvalue weighted by Crippen LogP contribution is -2.21. The highest BCUT2D eigenvalue weighted by atomic mass is 16.4. The van der Waals surface area contributed by atoms with Crippen LogP contribution < -0.4 is 0 Å². The molecule has 3 atom stereocenters. The summed E-state index contributed by atoms with van der Waals surface area (Å²) >= 11 is 0. The maximum absolute atomic E-state index is 11.4. The number of aliphatic carboxylic acids is 1. The zero-order valence-corrected chi connectivity index (χ0v) is 11.5. The fourth-order valence-electron chi connectivity index (χ4n) is 2.10. The second-order valence-corrected chi connectivity index (χ2v) is 5.24. The highest BCUT2D eigenvalue weighted by Gasteiger charge is 2.23. The van der Waals surface area contributed by atoms with Crippen molar-refractivity contribution in [3.63, 3.8) is 0 Å². The molecule has 0 fully saturated rings. The number of rotatable bonds is 9. The van der Waals surface area contributed by atoms with Crippen LogP contribution in [0.25, 0.3) is 0 Å². The molecule has 0 bridgehead atoms. The van der Waals surface area contributed by atoms with Crippen LogP contribution in [0.4, 0.5) is 0 Å². The summed E-state index contributed by atoms with van der Waals surface area (Å²) in [6.45, 7) is 7.98. The van der Waals surface area contributed by atoms with Gasteiger partial charge in [-0.3, -0.25) is 9.59 Å². The van der Waals surface area contributed by atoms with Gasteiger partial charge in [0.15, 0.2) is 0 Å². The SMILES string of the molecule is CCCCC(C)C(C)CC(CC(=O)O)C(C)=O. The molecule has 0 aromatic rings. The maximum atomic E-state index is 11.4. The molecule has 3 nitrogen and oxygen atoms in total. The molecular weight excluding hydrogens is 216 g/mol. The van der Waals surface area contributed by atoms with Gasteiger partial charge in [-0.25, -0.2) is 0 Å². The number of hydrogen-bond acceptors (Lipinski definition) is 2.